The number of aliphatic hydroxyl groups excluding tert-OH is 1. The molecule has 0 aliphatic carbocycles. The first kappa shape index (κ1) is 22.3. The van der Waals surface area contributed by atoms with Gasteiger partial charge >= 0.3 is 0 Å². The van der Waals surface area contributed by atoms with Crippen molar-refractivity contribution in [2.24, 2.45) is 0 Å². The van der Waals surface area contributed by atoms with Gasteiger partial charge in [-0.2, -0.15) is 0 Å². The number of amides is 1. The van der Waals surface area contributed by atoms with Gasteiger partial charge < -0.3 is 15.3 Å². The molecule has 0 saturated heterocycles. The van der Waals surface area contributed by atoms with Gasteiger partial charge in [0.25, 0.3) is 5.91 Å². The zero-order chi connectivity index (χ0) is 21.6. The van der Waals surface area contributed by atoms with Crippen LogP contribution in [-0.2, 0) is 6.54 Å². The van der Waals surface area contributed by atoms with E-state index in [2.05, 4.69) is 36.1 Å². The molecule has 6 nitrogen and oxygen atoms in total. The van der Waals surface area contributed by atoms with Crippen molar-refractivity contribution in [2.45, 2.75) is 51.7 Å². The Kier molecular flexibility index (Phi) is 7.53. The van der Waals surface area contributed by atoms with Crippen LogP contribution in [0.25, 0.3) is 10.2 Å². The summed E-state index contributed by atoms with van der Waals surface area (Å²) >= 11 is 1.41. The zero-order valence-corrected chi connectivity index (χ0v) is 18.7. The summed E-state index contributed by atoms with van der Waals surface area (Å²) in [5, 5.41) is 13.7. The minimum atomic E-state index is -0.107. The molecular formula is C23H30N4O2S. The molecule has 1 unspecified atom stereocenters. The lowest BCUT2D eigenvalue weighted by atomic mass is 10.0. The van der Waals surface area contributed by atoms with Crippen LogP contribution in [0.4, 0.5) is 0 Å². The lowest BCUT2D eigenvalue weighted by molar-refractivity contribution is 0.0614. The molecule has 1 aromatic carbocycles. The SMILES string of the molecule is CC(C)(C)NCCC(CCO)N(Cc1cccnc1)C(=O)c1nc2ccccc2s1. The molecule has 0 bridgehead atoms. The molecule has 0 aliphatic heterocycles. The summed E-state index contributed by atoms with van der Waals surface area (Å²) in [5.41, 5.74) is 1.79. The van der Waals surface area contributed by atoms with E-state index in [-0.39, 0.29) is 24.1 Å². The van der Waals surface area contributed by atoms with E-state index in [1.54, 1.807) is 12.4 Å². The van der Waals surface area contributed by atoms with E-state index in [1.807, 2.05) is 41.3 Å². The molecule has 1 amide bonds. The quantitative estimate of drug-likeness (QED) is 0.543. The Hall–Kier alpha value is -2.35. The Morgan fingerprint density at radius 3 is 2.67 bits per heavy atom. The number of benzene rings is 1. The summed E-state index contributed by atoms with van der Waals surface area (Å²) in [7, 11) is 0. The molecule has 2 N–H and O–H groups in total. The fraction of sp³-hybridized carbons (Fsp3) is 0.435. The van der Waals surface area contributed by atoms with Crippen LogP contribution in [0.5, 0.6) is 0 Å². The number of fused-ring (bicyclic) bond motifs is 1. The first-order chi connectivity index (χ1) is 14.4. The fourth-order valence-corrected chi connectivity index (χ4v) is 4.28. The van der Waals surface area contributed by atoms with E-state index >= 15 is 0 Å². The van der Waals surface area contributed by atoms with Gasteiger partial charge in [0, 0.05) is 37.1 Å². The van der Waals surface area contributed by atoms with Gasteiger partial charge in [-0.25, -0.2) is 4.98 Å². The maximum Gasteiger partial charge on any atom is 0.283 e. The average molecular weight is 427 g/mol. The smallest absolute Gasteiger partial charge is 0.283 e. The maximum atomic E-state index is 13.5. The predicted molar refractivity (Wildman–Crippen MR) is 122 cm³/mol. The molecule has 30 heavy (non-hydrogen) atoms. The van der Waals surface area contributed by atoms with Crippen molar-refractivity contribution in [1.29, 1.82) is 0 Å². The third-order valence-electron chi connectivity index (χ3n) is 4.85. The van der Waals surface area contributed by atoms with Gasteiger partial charge in [-0.05, 0) is 63.9 Å². The Morgan fingerprint density at radius 1 is 1.20 bits per heavy atom. The molecule has 160 valence electrons. The van der Waals surface area contributed by atoms with Crippen molar-refractivity contribution in [3.8, 4) is 0 Å². The van der Waals surface area contributed by atoms with Crippen LogP contribution >= 0.6 is 11.3 Å². The standard InChI is InChI=1S/C23H30N4O2S/c1-23(2,3)25-13-10-18(11-14-28)27(16-17-7-6-12-24-15-17)22(29)21-26-19-8-4-5-9-20(19)30-21/h4-9,12,15,18,25,28H,10-11,13-14,16H2,1-3H3. The molecule has 7 heteroatoms. The van der Waals surface area contributed by atoms with Crippen LogP contribution in [-0.4, -0.2) is 50.6 Å². The number of aliphatic hydroxyl groups is 1. The molecule has 0 spiro atoms. The van der Waals surface area contributed by atoms with Crippen molar-refractivity contribution in [1.82, 2.24) is 20.2 Å². The molecule has 0 radical (unpaired) electrons. The summed E-state index contributed by atoms with van der Waals surface area (Å²) in [6.45, 7) is 7.57. The van der Waals surface area contributed by atoms with Crippen LogP contribution in [0.3, 0.4) is 0 Å². The predicted octanol–water partition coefficient (Wildman–Crippen LogP) is 3.86. The van der Waals surface area contributed by atoms with Gasteiger partial charge in [0.2, 0.25) is 0 Å². The van der Waals surface area contributed by atoms with E-state index in [1.165, 1.54) is 11.3 Å². The Bertz CT molecular complexity index is 919. The number of hydrogen-bond donors (Lipinski definition) is 2. The second kappa shape index (κ2) is 10.1. The average Bonchev–Trinajstić information content (AvgIpc) is 3.15. The molecule has 0 saturated carbocycles. The minimum Gasteiger partial charge on any atom is -0.396 e. The molecule has 2 aromatic heterocycles. The Balaban J connectivity index is 1.87. The number of hydrogen-bond acceptors (Lipinski definition) is 6. The number of para-hydroxylation sites is 1. The third kappa shape index (κ3) is 6.08. The molecule has 0 fully saturated rings. The third-order valence-corrected chi connectivity index (χ3v) is 5.87. The van der Waals surface area contributed by atoms with E-state index in [0.29, 0.717) is 18.0 Å². The summed E-state index contributed by atoms with van der Waals surface area (Å²) in [5.74, 6) is -0.103. The topological polar surface area (TPSA) is 78.4 Å². The highest BCUT2D eigenvalue weighted by molar-refractivity contribution is 7.20. The summed E-state index contributed by atoms with van der Waals surface area (Å²) in [4.78, 5) is 24.2. The number of aromatic nitrogens is 2. The molecule has 0 aliphatic rings. The van der Waals surface area contributed by atoms with E-state index < -0.39 is 0 Å². The van der Waals surface area contributed by atoms with Gasteiger partial charge in [-0.1, -0.05) is 18.2 Å². The summed E-state index contributed by atoms with van der Waals surface area (Å²) < 4.78 is 0.996. The van der Waals surface area contributed by atoms with Crippen LogP contribution < -0.4 is 5.32 Å². The van der Waals surface area contributed by atoms with Crippen molar-refractivity contribution in [3.05, 3.63) is 59.4 Å². The highest BCUT2D eigenvalue weighted by Crippen LogP contribution is 2.25. The largest absolute Gasteiger partial charge is 0.396 e. The van der Waals surface area contributed by atoms with Gasteiger partial charge in [0.05, 0.1) is 10.2 Å². The lowest BCUT2D eigenvalue weighted by Crippen LogP contribution is -2.44. The first-order valence-corrected chi connectivity index (χ1v) is 11.1. The van der Waals surface area contributed by atoms with E-state index in [4.69, 9.17) is 0 Å². The Morgan fingerprint density at radius 2 is 2.00 bits per heavy atom. The summed E-state index contributed by atoms with van der Waals surface area (Å²) in [6, 6.07) is 11.5. The first-order valence-electron chi connectivity index (χ1n) is 10.3. The zero-order valence-electron chi connectivity index (χ0n) is 17.8. The van der Waals surface area contributed by atoms with Gasteiger partial charge in [-0.3, -0.25) is 9.78 Å². The number of carbonyl (C=O) groups excluding carboxylic acids is 1. The Labute approximate surface area is 182 Å². The van der Waals surface area contributed by atoms with Crippen molar-refractivity contribution >= 4 is 27.5 Å². The van der Waals surface area contributed by atoms with Crippen LogP contribution in [0.15, 0.2) is 48.8 Å². The molecular weight excluding hydrogens is 396 g/mol. The summed E-state index contributed by atoms with van der Waals surface area (Å²) in [6.07, 6.45) is 4.77. The number of nitrogens with zero attached hydrogens (tertiary/aromatic N) is 3. The molecule has 3 rings (SSSR count). The number of pyridine rings is 1. The number of rotatable bonds is 9. The van der Waals surface area contributed by atoms with Gasteiger partial charge in [-0.15, -0.1) is 11.3 Å². The maximum absolute atomic E-state index is 13.5. The molecule has 2 heterocycles. The monoisotopic (exact) mass is 426 g/mol. The van der Waals surface area contributed by atoms with Crippen molar-refractivity contribution in [3.63, 3.8) is 0 Å². The molecule has 1 atom stereocenters. The van der Waals surface area contributed by atoms with Crippen LogP contribution in [0.2, 0.25) is 0 Å². The lowest BCUT2D eigenvalue weighted by Gasteiger charge is -2.32. The van der Waals surface area contributed by atoms with Gasteiger partial charge in [0.1, 0.15) is 0 Å². The fourth-order valence-electron chi connectivity index (χ4n) is 3.36. The normalized spacial score (nSPS) is 12.8. The molecule has 3 aromatic rings. The minimum absolute atomic E-state index is 0.00497. The van der Waals surface area contributed by atoms with Crippen LogP contribution in [0.1, 0.15) is 49.0 Å². The number of carbonyl (C=O) groups is 1. The second-order valence-corrected chi connectivity index (χ2v) is 9.44. The highest BCUT2D eigenvalue weighted by atomic mass is 32.1. The van der Waals surface area contributed by atoms with Crippen molar-refractivity contribution in [2.75, 3.05) is 13.2 Å². The van der Waals surface area contributed by atoms with E-state index in [0.717, 1.165) is 28.7 Å². The van der Waals surface area contributed by atoms with Crippen LogP contribution in [0, 0.1) is 0 Å². The highest BCUT2D eigenvalue weighted by Gasteiger charge is 2.27. The van der Waals surface area contributed by atoms with Gasteiger partial charge in [0.15, 0.2) is 5.01 Å². The van der Waals surface area contributed by atoms with E-state index in [9.17, 15) is 9.90 Å². The van der Waals surface area contributed by atoms with Crippen molar-refractivity contribution < 1.29 is 9.90 Å². The number of nitrogens with one attached hydrogen (secondary N) is 1. The second-order valence-electron chi connectivity index (χ2n) is 8.41. The number of thiazole rings is 1.